The number of hydrogen-bond donors (Lipinski definition) is 1. The number of sulfone groups is 1. The summed E-state index contributed by atoms with van der Waals surface area (Å²) in [6.07, 6.45) is 1.54. The number of hydrogen-bond acceptors (Lipinski definition) is 3. The van der Waals surface area contributed by atoms with Crippen LogP contribution in [-0.2, 0) is 9.84 Å². The molecule has 0 aromatic heterocycles. The summed E-state index contributed by atoms with van der Waals surface area (Å²) in [4.78, 5) is 0.211. The Morgan fingerprint density at radius 2 is 1.88 bits per heavy atom. The van der Waals surface area contributed by atoms with Crippen LogP contribution in [0.4, 0.5) is 4.39 Å². The Balaban J connectivity index is 0.00000144. The average molecular weight is 280 g/mol. The van der Waals surface area contributed by atoms with Crippen molar-refractivity contribution in [1.82, 2.24) is 5.32 Å². The summed E-state index contributed by atoms with van der Waals surface area (Å²) < 4.78 is 37.0. The van der Waals surface area contributed by atoms with Crippen molar-refractivity contribution in [3.8, 4) is 0 Å². The first-order valence-corrected chi connectivity index (χ1v) is 6.85. The molecule has 1 N–H and O–H groups in total. The third kappa shape index (κ3) is 3.18. The predicted octanol–water partition coefficient (Wildman–Crippen LogP) is 1.77. The summed E-state index contributed by atoms with van der Waals surface area (Å²) in [5.41, 5.74) is 0. The summed E-state index contributed by atoms with van der Waals surface area (Å²) in [5, 5.41) is 2.69. The van der Waals surface area contributed by atoms with Gasteiger partial charge in [0, 0.05) is 6.54 Å². The van der Waals surface area contributed by atoms with Gasteiger partial charge in [0.15, 0.2) is 9.84 Å². The summed E-state index contributed by atoms with van der Waals surface area (Å²) in [7, 11) is -3.31. The van der Waals surface area contributed by atoms with Crippen LogP contribution in [0.5, 0.6) is 0 Å². The van der Waals surface area contributed by atoms with E-state index in [1.54, 1.807) is 0 Å². The zero-order valence-electron chi connectivity index (χ0n) is 9.23. The molecule has 17 heavy (non-hydrogen) atoms. The van der Waals surface area contributed by atoms with Gasteiger partial charge >= 0.3 is 0 Å². The quantitative estimate of drug-likeness (QED) is 0.840. The summed E-state index contributed by atoms with van der Waals surface area (Å²) >= 11 is 0. The van der Waals surface area contributed by atoms with Crippen molar-refractivity contribution in [1.29, 1.82) is 0 Å². The highest BCUT2D eigenvalue weighted by Gasteiger charge is 2.28. The minimum absolute atomic E-state index is 0. The van der Waals surface area contributed by atoms with Gasteiger partial charge in [-0.25, -0.2) is 12.8 Å². The zero-order chi connectivity index (χ0) is 11.6. The highest BCUT2D eigenvalue weighted by Crippen LogP contribution is 2.21. The van der Waals surface area contributed by atoms with Gasteiger partial charge in [-0.3, -0.25) is 0 Å². The SMILES string of the molecule is Cl.O=S(=O)(c1ccc(F)cc1)C1CCCNC1. The fraction of sp³-hybridized carbons (Fsp3) is 0.455. The molecule has 1 saturated heterocycles. The Kier molecular flexibility index (Phi) is 4.91. The van der Waals surface area contributed by atoms with Gasteiger partial charge < -0.3 is 5.32 Å². The maximum Gasteiger partial charge on any atom is 0.182 e. The molecule has 0 spiro atoms. The van der Waals surface area contributed by atoms with E-state index in [0.717, 1.165) is 13.0 Å². The molecular weight excluding hydrogens is 265 g/mol. The van der Waals surface area contributed by atoms with Crippen LogP contribution in [-0.4, -0.2) is 26.8 Å². The van der Waals surface area contributed by atoms with Crippen molar-refractivity contribution in [2.75, 3.05) is 13.1 Å². The largest absolute Gasteiger partial charge is 0.315 e. The minimum atomic E-state index is -3.31. The van der Waals surface area contributed by atoms with Crippen molar-refractivity contribution in [2.24, 2.45) is 0 Å². The summed E-state index contributed by atoms with van der Waals surface area (Å²) in [5.74, 6) is -0.416. The Bertz CT molecular complexity index is 455. The molecule has 0 aliphatic carbocycles. The lowest BCUT2D eigenvalue weighted by molar-refractivity contribution is 0.496. The van der Waals surface area contributed by atoms with Gasteiger partial charge in [0.1, 0.15) is 5.82 Å². The van der Waals surface area contributed by atoms with Crippen molar-refractivity contribution < 1.29 is 12.8 Å². The lowest BCUT2D eigenvalue weighted by Crippen LogP contribution is -2.38. The lowest BCUT2D eigenvalue weighted by atomic mass is 10.2. The number of rotatable bonds is 2. The van der Waals surface area contributed by atoms with E-state index in [1.807, 2.05) is 0 Å². The molecule has 0 saturated carbocycles. The summed E-state index contributed by atoms with van der Waals surface area (Å²) in [6, 6.07) is 5.03. The molecule has 0 radical (unpaired) electrons. The van der Waals surface area contributed by atoms with E-state index in [2.05, 4.69) is 5.32 Å². The highest BCUT2D eigenvalue weighted by molar-refractivity contribution is 7.92. The van der Waals surface area contributed by atoms with Crippen molar-refractivity contribution in [3.63, 3.8) is 0 Å². The Hall–Kier alpha value is -0.650. The van der Waals surface area contributed by atoms with Gasteiger partial charge in [-0.1, -0.05) is 0 Å². The number of nitrogens with one attached hydrogen (secondary N) is 1. The second kappa shape index (κ2) is 5.80. The van der Waals surface area contributed by atoms with Crippen molar-refractivity contribution in [3.05, 3.63) is 30.1 Å². The minimum Gasteiger partial charge on any atom is -0.315 e. The predicted molar refractivity (Wildman–Crippen MR) is 66.7 cm³/mol. The molecule has 1 heterocycles. The van der Waals surface area contributed by atoms with Crippen molar-refractivity contribution in [2.45, 2.75) is 23.0 Å². The van der Waals surface area contributed by atoms with E-state index >= 15 is 0 Å². The Morgan fingerprint density at radius 3 is 2.41 bits per heavy atom. The topological polar surface area (TPSA) is 46.2 Å². The first-order valence-electron chi connectivity index (χ1n) is 5.31. The molecule has 2 rings (SSSR count). The van der Waals surface area contributed by atoms with E-state index < -0.39 is 15.7 Å². The smallest absolute Gasteiger partial charge is 0.182 e. The molecule has 6 heteroatoms. The Labute approximate surface area is 107 Å². The second-order valence-corrected chi connectivity index (χ2v) is 6.20. The van der Waals surface area contributed by atoms with E-state index in [0.29, 0.717) is 13.0 Å². The molecule has 96 valence electrons. The van der Waals surface area contributed by atoms with Crippen LogP contribution in [0.25, 0.3) is 0 Å². The fourth-order valence-corrected chi connectivity index (χ4v) is 3.62. The number of halogens is 2. The molecule has 0 amide bonds. The molecule has 1 aromatic carbocycles. The fourth-order valence-electron chi connectivity index (χ4n) is 1.90. The standard InChI is InChI=1S/C11H14FNO2S.ClH/c12-9-3-5-10(6-4-9)16(14,15)11-2-1-7-13-8-11;/h3-6,11,13H,1-2,7-8H2;1H. The second-order valence-electron chi connectivity index (χ2n) is 3.97. The van der Waals surface area contributed by atoms with Gasteiger partial charge in [0.25, 0.3) is 0 Å². The third-order valence-corrected chi connectivity index (χ3v) is 5.04. The van der Waals surface area contributed by atoms with Crippen LogP contribution in [0.15, 0.2) is 29.2 Å². The molecule has 3 nitrogen and oxygen atoms in total. The first-order chi connectivity index (χ1) is 7.60. The van der Waals surface area contributed by atoms with Crippen LogP contribution in [0.3, 0.4) is 0 Å². The van der Waals surface area contributed by atoms with Crippen LogP contribution < -0.4 is 5.32 Å². The zero-order valence-corrected chi connectivity index (χ0v) is 10.9. The third-order valence-electron chi connectivity index (χ3n) is 2.83. The van der Waals surface area contributed by atoms with Gasteiger partial charge in [0.05, 0.1) is 10.1 Å². The highest BCUT2D eigenvalue weighted by atomic mass is 35.5. The lowest BCUT2D eigenvalue weighted by Gasteiger charge is -2.22. The van der Waals surface area contributed by atoms with E-state index in [1.165, 1.54) is 24.3 Å². The molecule has 1 atom stereocenters. The monoisotopic (exact) mass is 279 g/mol. The van der Waals surface area contributed by atoms with Crippen LogP contribution in [0, 0.1) is 5.82 Å². The molecule has 1 aromatic rings. The van der Waals surface area contributed by atoms with Gasteiger partial charge in [-0.05, 0) is 43.7 Å². The maximum absolute atomic E-state index is 12.7. The van der Waals surface area contributed by atoms with Crippen LogP contribution in [0.1, 0.15) is 12.8 Å². The van der Waals surface area contributed by atoms with Gasteiger partial charge in [0.2, 0.25) is 0 Å². The van der Waals surface area contributed by atoms with Gasteiger partial charge in [-0.2, -0.15) is 0 Å². The molecule has 1 aliphatic rings. The van der Waals surface area contributed by atoms with Crippen molar-refractivity contribution >= 4 is 22.2 Å². The normalized spacial score (nSPS) is 20.6. The maximum atomic E-state index is 12.7. The van der Waals surface area contributed by atoms with Crippen LogP contribution >= 0.6 is 12.4 Å². The average Bonchev–Trinajstić information content (AvgIpc) is 2.31. The van der Waals surface area contributed by atoms with E-state index in [4.69, 9.17) is 0 Å². The van der Waals surface area contributed by atoms with E-state index in [-0.39, 0.29) is 22.6 Å². The molecule has 1 fully saturated rings. The Morgan fingerprint density at radius 1 is 1.24 bits per heavy atom. The number of benzene rings is 1. The van der Waals surface area contributed by atoms with E-state index in [9.17, 15) is 12.8 Å². The summed E-state index contributed by atoms with van der Waals surface area (Å²) in [6.45, 7) is 1.36. The molecule has 0 bridgehead atoms. The number of piperidine rings is 1. The van der Waals surface area contributed by atoms with Gasteiger partial charge in [-0.15, -0.1) is 12.4 Å². The molecule has 1 unspecified atom stereocenters. The molecule has 1 aliphatic heterocycles. The molecular formula is C11H15ClFNO2S. The van der Waals surface area contributed by atoms with Crippen LogP contribution in [0.2, 0.25) is 0 Å². The first kappa shape index (κ1) is 14.4.